The van der Waals surface area contributed by atoms with E-state index in [9.17, 15) is 4.79 Å². The fraction of sp³-hybridized carbons (Fsp3) is 0.0556. The Morgan fingerprint density at radius 2 is 1.77 bits per heavy atom. The van der Waals surface area contributed by atoms with Gasteiger partial charge in [-0.3, -0.25) is 4.79 Å². The summed E-state index contributed by atoms with van der Waals surface area (Å²) >= 11 is 2.29. The first-order valence-electron chi connectivity index (χ1n) is 7.04. The third kappa shape index (κ3) is 1.98. The van der Waals surface area contributed by atoms with Gasteiger partial charge < -0.3 is 9.97 Å². The van der Waals surface area contributed by atoms with Gasteiger partial charge in [-0.15, -0.1) is 0 Å². The van der Waals surface area contributed by atoms with Crippen molar-refractivity contribution < 1.29 is 0 Å². The van der Waals surface area contributed by atoms with Crippen molar-refractivity contribution in [2.45, 2.75) is 6.92 Å². The summed E-state index contributed by atoms with van der Waals surface area (Å²) in [5.74, 6) is 0. The normalized spacial score (nSPS) is 11.4. The lowest BCUT2D eigenvalue weighted by Gasteiger charge is -2.08. The Kier molecular flexibility index (Phi) is 3.07. The molecular formula is C18H13IN2O. The van der Waals surface area contributed by atoms with E-state index in [4.69, 9.17) is 0 Å². The fourth-order valence-electron chi connectivity index (χ4n) is 2.97. The zero-order chi connectivity index (χ0) is 15.3. The number of fused-ring (bicyclic) bond motifs is 3. The second-order valence-corrected chi connectivity index (χ2v) is 6.63. The van der Waals surface area contributed by atoms with Crippen LogP contribution >= 0.6 is 22.6 Å². The van der Waals surface area contributed by atoms with Crippen LogP contribution in [0.3, 0.4) is 0 Å². The van der Waals surface area contributed by atoms with Gasteiger partial charge in [0.05, 0.1) is 11.0 Å². The highest BCUT2D eigenvalue weighted by Gasteiger charge is 2.15. The molecule has 0 amide bonds. The third-order valence-electron chi connectivity index (χ3n) is 4.02. The Hall–Kier alpha value is -2.08. The molecule has 0 spiro atoms. The van der Waals surface area contributed by atoms with Gasteiger partial charge in [0.25, 0.3) is 5.56 Å². The molecule has 4 rings (SSSR count). The molecule has 0 saturated carbocycles. The number of pyridine rings is 1. The Bertz CT molecular complexity index is 1080. The van der Waals surface area contributed by atoms with Gasteiger partial charge in [0.1, 0.15) is 0 Å². The van der Waals surface area contributed by atoms with Crippen molar-refractivity contribution in [1.82, 2.24) is 9.97 Å². The van der Waals surface area contributed by atoms with E-state index in [0.29, 0.717) is 0 Å². The van der Waals surface area contributed by atoms with Crippen LogP contribution in [0.5, 0.6) is 0 Å². The number of hydrogen-bond acceptors (Lipinski definition) is 1. The maximum Gasteiger partial charge on any atom is 0.252 e. The zero-order valence-electron chi connectivity index (χ0n) is 11.9. The number of rotatable bonds is 1. The SMILES string of the molecule is Cc1c(-c2cccc(I)c2)c2[nH]c3ccccc3c2[nH]c1=O. The molecule has 0 atom stereocenters. The van der Waals surface area contributed by atoms with E-state index in [0.717, 1.165) is 42.2 Å². The lowest BCUT2D eigenvalue weighted by molar-refractivity contribution is 1.24. The van der Waals surface area contributed by atoms with Crippen molar-refractivity contribution in [2.24, 2.45) is 0 Å². The average molecular weight is 400 g/mol. The molecule has 4 heteroatoms. The fourth-order valence-corrected chi connectivity index (χ4v) is 3.52. The van der Waals surface area contributed by atoms with Crippen LogP contribution in [0.15, 0.2) is 53.3 Å². The smallest absolute Gasteiger partial charge is 0.252 e. The number of H-pyrrole nitrogens is 2. The number of nitrogens with one attached hydrogen (secondary N) is 2. The van der Waals surface area contributed by atoms with E-state index < -0.39 is 0 Å². The molecule has 0 aliphatic carbocycles. The quantitative estimate of drug-likeness (QED) is 0.451. The number of halogens is 1. The number of aromatic nitrogens is 2. The van der Waals surface area contributed by atoms with E-state index in [-0.39, 0.29) is 5.56 Å². The Morgan fingerprint density at radius 1 is 0.955 bits per heavy atom. The molecule has 4 aromatic rings. The number of hydrogen-bond donors (Lipinski definition) is 2. The molecule has 2 N–H and O–H groups in total. The topological polar surface area (TPSA) is 48.6 Å². The molecule has 2 aromatic carbocycles. The molecule has 0 bridgehead atoms. The van der Waals surface area contributed by atoms with Crippen molar-refractivity contribution in [3.05, 3.63) is 68.0 Å². The first-order chi connectivity index (χ1) is 10.6. The van der Waals surface area contributed by atoms with Gasteiger partial charge in [0.15, 0.2) is 0 Å². The van der Waals surface area contributed by atoms with E-state index in [1.807, 2.05) is 37.3 Å². The molecule has 0 aliphatic rings. The first-order valence-corrected chi connectivity index (χ1v) is 8.12. The van der Waals surface area contributed by atoms with Gasteiger partial charge in [-0.2, -0.15) is 0 Å². The Balaban J connectivity index is 2.21. The minimum Gasteiger partial charge on any atom is -0.353 e. The van der Waals surface area contributed by atoms with Gasteiger partial charge in [-0.05, 0) is 53.3 Å². The van der Waals surface area contributed by atoms with Crippen LogP contribution in [0.25, 0.3) is 33.1 Å². The summed E-state index contributed by atoms with van der Waals surface area (Å²) in [7, 11) is 0. The molecule has 0 saturated heterocycles. The van der Waals surface area contributed by atoms with Crippen LogP contribution in [0.4, 0.5) is 0 Å². The standard InChI is InChI=1S/C18H13IN2O/c1-10-15(11-5-4-6-12(19)9-11)17-16(21-18(10)22)13-7-2-3-8-14(13)20-17/h2-9,20H,1H3,(H,21,22). The lowest BCUT2D eigenvalue weighted by Crippen LogP contribution is -2.10. The van der Waals surface area contributed by atoms with Crippen LogP contribution in [0.2, 0.25) is 0 Å². The Labute approximate surface area is 140 Å². The second-order valence-electron chi connectivity index (χ2n) is 5.39. The largest absolute Gasteiger partial charge is 0.353 e. The monoisotopic (exact) mass is 400 g/mol. The molecule has 2 aromatic heterocycles. The number of aromatic amines is 2. The summed E-state index contributed by atoms with van der Waals surface area (Å²) in [4.78, 5) is 18.9. The lowest BCUT2D eigenvalue weighted by atomic mass is 10.0. The molecule has 0 aliphatic heterocycles. The molecule has 22 heavy (non-hydrogen) atoms. The molecule has 0 unspecified atom stereocenters. The predicted molar refractivity (Wildman–Crippen MR) is 99.3 cm³/mol. The Morgan fingerprint density at radius 3 is 2.59 bits per heavy atom. The van der Waals surface area contributed by atoms with Crippen LogP contribution in [-0.4, -0.2) is 9.97 Å². The van der Waals surface area contributed by atoms with Crippen molar-refractivity contribution in [3.63, 3.8) is 0 Å². The minimum absolute atomic E-state index is 0.0360. The van der Waals surface area contributed by atoms with E-state index in [1.165, 1.54) is 0 Å². The summed E-state index contributed by atoms with van der Waals surface area (Å²) in [6.07, 6.45) is 0. The van der Waals surface area contributed by atoms with Crippen molar-refractivity contribution in [3.8, 4) is 11.1 Å². The summed E-state index contributed by atoms with van der Waals surface area (Å²) in [5, 5.41) is 1.04. The predicted octanol–water partition coefficient (Wildman–Crippen LogP) is 4.59. The molecule has 0 radical (unpaired) electrons. The zero-order valence-corrected chi connectivity index (χ0v) is 14.1. The maximum atomic E-state index is 12.4. The summed E-state index contributed by atoms with van der Waals surface area (Å²) in [6, 6.07) is 16.3. The van der Waals surface area contributed by atoms with Crippen LogP contribution in [0, 0.1) is 10.5 Å². The number of para-hydroxylation sites is 1. The molecule has 2 heterocycles. The van der Waals surface area contributed by atoms with E-state index in [1.54, 1.807) is 0 Å². The highest BCUT2D eigenvalue weighted by molar-refractivity contribution is 14.1. The number of benzene rings is 2. The maximum absolute atomic E-state index is 12.4. The van der Waals surface area contributed by atoms with Gasteiger partial charge in [0, 0.05) is 25.6 Å². The molecule has 3 nitrogen and oxygen atoms in total. The first kappa shape index (κ1) is 13.6. The molecular weight excluding hydrogens is 387 g/mol. The van der Waals surface area contributed by atoms with Crippen LogP contribution in [0.1, 0.15) is 5.56 Å². The van der Waals surface area contributed by atoms with Gasteiger partial charge >= 0.3 is 0 Å². The molecule has 108 valence electrons. The van der Waals surface area contributed by atoms with Crippen LogP contribution in [-0.2, 0) is 0 Å². The summed E-state index contributed by atoms with van der Waals surface area (Å²) in [5.41, 5.74) is 5.64. The van der Waals surface area contributed by atoms with Gasteiger partial charge in [-0.25, -0.2) is 0 Å². The minimum atomic E-state index is -0.0360. The van der Waals surface area contributed by atoms with Gasteiger partial charge in [-0.1, -0.05) is 30.3 Å². The van der Waals surface area contributed by atoms with E-state index in [2.05, 4.69) is 50.8 Å². The van der Waals surface area contributed by atoms with E-state index >= 15 is 0 Å². The highest BCUT2D eigenvalue weighted by Crippen LogP contribution is 2.33. The molecule has 0 fully saturated rings. The summed E-state index contributed by atoms with van der Waals surface area (Å²) in [6.45, 7) is 1.87. The summed E-state index contributed by atoms with van der Waals surface area (Å²) < 4.78 is 1.15. The second kappa shape index (κ2) is 4.98. The van der Waals surface area contributed by atoms with Crippen LogP contribution < -0.4 is 5.56 Å². The van der Waals surface area contributed by atoms with Crippen molar-refractivity contribution >= 4 is 44.5 Å². The average Bonchev–Trinajstić information content (AvgIpc) is 2.86. The van der Waals surface area contributed by atoms with Crippen molar-refractivity contribution in [1.29, 1.82) is 0 Å². The third-order valence-corrected chi connectivity index (χ3v) is 4.69. The highest BCUT2D eigenvalue weighted by atomic mass is 127. The van der Waals surface area contributed by atoms with Crippen molar-refractivity contribution in [2.75, 3.05) is 0 Å². The van der Waals surface area contributed by atoms with Gasteiger partial charge in [0.2, 0.25) is 0 Å².